The van der Waals surface area contributed by atoms with Crippen molar-refractivity contribution in [1.82, 2.24) is 54.6 Å². The first-order valence-corrected chi connectivity index (χ1v) is 17.4. The highest BCUT2D eigenvalue weighted by Crippen LogP contribution is 2.15. The van der Waals surface area contributed by atoms with Gasteiger partial charge in [-0.05, 0) is 12.1 Å². The summed E-state index contributed by atoms with van der Waals surface area (Å²) >= 11 is 0. The molecule has 0 aliphatic carbocycles. The molecule has 24 heteroatoms. The fourth-order valence-electron chi connectivity index (χ4n) is 5.17. The van der Waals surface area contributed by atoms with Gasteiger partial charge < -0.3 is 66.0 Å². The third-order valence-corrected chi connectivity index (χ3v) is 7.99. The fourth-order valence-corrected chi connectivity index (χ4v) is 5.17. The predicted octanol–water partition coefficient (Wildman–Crippen LogP) is -0.230. The molecule has 0 fully saturated rings. The number of H-pyrrole nitrogens is 2. The number of aryl methyl sites for hydroxylation is 3. The van der Waals surface area contributed by atoms with Crippen molar-refractivity contribution in [2.75, 3.05) is 40.9 Å². The van der Waals surface area contributed by atoms with E-state index in [0.717, 1.165) is 0 Å². The van der Waals surface area contributed by atoms with Gasteiger partial charge in [0, 0.05) is 90.8 Å². The molecule has 0 atom stereocenters. The number of aromatic amines is 2. The van der Waals surface area contributed by atoms with Crippen LogP contribution >= 0.6 is 0 Å². The minimum atomic E-state index is -1.07. The van der Waals surface area contributed by atoms with Crippen LogP contribution in [0.15, 0.2) is 49.3 Å². The number of carbonyl (C=O) groups is 8. The van der Waals surface area contributed by atoms with Crippen LogP contribution in [0.2, 0.25) is 0 Å². The minimum absolute atomic E-state index is 0.0253. The summed E-state index contributed by atoms with van der Waals surface area (Å²) in [7, 11) is 4.75. The molecule has 0 aliphatic rings. The summed E-state index contributed by atoms with van der Waals surface area (Å²) in [6, 6.07) is 2.81. The Morgan fingerprint density at radius 1 is 0.586 bits per heavy atom. The summed E-state index contributed by atoms with van der Waals surface area (Å²) in [6.07, 6.45) is 8.25. The number of carboxylic acids is 1. The molecule has 5 heterocycles. The number of aliphatic carboxylic acids is 1. The van der Waals surface area contributed by atoms with Crippen molar-refractivity contribution in [3.63, 3.8) is 0 Å². The molecule has 304 valence electrons. The summed E-state index contributed by atoms with van der Waals surface area (Å²) < 4.78 is 4.30. The average molecular weight is 802 g/mol. The van der Waals surface area contributed by atoms with Crippen molar-refractivity contribution in [3.05, 3.63) is 78.2 Å². The lowest BCUT2D eigenvalue weighted by molar-refractivity contribution is -0.136. The first-order chi connectivity index (χ1) is 27.7. The number of hydrogen-bond donors (Lipinski definition) is 10. The number of rotatable bonds is 18. The molecular formula is C34H39N15O9. The molecule has 0 aromatic carbocycles. The highest BCUT2D eigenvalue weighted by molar-refractivity contribution is 6.04. The van der Waals surface area contributed by atoms with Gasteiger partial charge in [-0.2, -0.15) is 0 Å². The molecule has 0 saturated carbocycles. The summed E-state index contributed by atoms with van der Waals surface area (Å²) in [5.74, 6) is -4.55. The van der Waals surface area contributed by atoms with E-state index in [1.165, 1.54) is 59.3 Å². The van der Waals surface area contributed by atoms with E-state index in [9.17, 15) is 38.4 Å². The number of aromatic nitrogens is 8. The number of anilines is 4. The highest BCUT2D eigenvalue weighted by atomic mass is 16.4. The smallest absolute Gasteiger partial charge is 0.305 e. The summed E-state index contributed by atoms with van der Waals surface area (Å²) in [6.45, 7) is -0.172. The number of nitrogens with zero attached hydrogens (tertiary/aromatic N) is 6. The topological polar surface area (TPSA) is 326 Å². The molecular weight excluding hydrogens is 762 g/mol. The van der Waals surface area contributed by atoms with Crippen molar-refractivity contribution in [1.29, 1.82) is 0 Å². The molecule has 10 N–H and O–H groups in total. The van der Waals surface area contributed by atoms with Crippen molar-refractivity contribution in [2.24, 2.45) is 21.1 Å². The van der Waals surface area contributed by atoms with E-state index >= 15 is 0 Å². The molecule has 0 saturated heterocycles. The molecule has 5 aromatic heterocycles. The Bertz CT molecular complexity index is 2360. The van der Waals surface area contributed by atoms with Crippen LogP contribution in [0.1, 0.15) is 72.1 Å². The van der Waals surface area contributed by atoms with Crippen molar-refractivity contribution >= 4 is 70.3 Å². The second-order valence-corrected chi connectivity index (χ2v) is 12.5. The molecule has 0 aliphatic heterocycles. The van der Waals surface area contributed by atoms with E-state index in [2.05, 4.69) is 62.1 Å². The van der Waals surface area contributed by atoms with E-state index in [0.29, 0.717) is 5.69 Å². The van der Waals surface area contributed by atoms with E-state index in [1.807, 2.05) is 0 Å². The Morgan fingerprint density at radius 2 is 1.03 bits per heavy atom. The van der Waals surface area contributed by atoms with Gasteiger partial charge in [-0.3, -0.25) is 38.4 Å². The maximum absolute atomic E-state index is 13.0. The SMILES string of the molecule is Cn1cc(NC(=O)CCNC(=O)c2cc(NC(=O)c3nc(NC(=O)CCNC(=O)c4cc(NC(=O)c5nccn5C)c[nH]4)cn3C)c[nH]2)nc1C(=O)NCCC(=O)O. The average Bonchev–Trinajstić information content (AvgIpc) is 4.01. The van der Waals surface area contributed by atoms with Gasteiger partial charge in [-0.15, -0.1) is 0 Å². The Hall–Kier alpha value is -8.05. The molecule has 5 aromatic rings. The van der Waals surface area contributed by atoms with Gasteiger partial charge in [0.25, 0.3) is 29.5 Å². The quantitative estimate of drug-likeness (QED) is 0.0550. The number of carbonyl (C=O) groups excluding carboxylic acids is 7. The molecule has 58 heavy (non-hydrogen) atoms. The van der Waals surface area contributed by atoms with Crippen LogP contribution in [0.25, 0.3) is 0 Å². The van der Waals surface area contributed by atoms with Crippen LogP contribution in [0, 0.1) is 0 Å². The van der Waals surface area contributed by atoms with Gasteiger partial charge in [-0.1, -0.05) is 0 Å². The van der Waals surface area contributed by atoms with E-state index < -0.39 is 47.3 Å². The fraction of sp³-hybridized carbons (Fsp3) is 0.265. The van der Waals surface area contributed by atoms with E-state index in [-0.39, 0.29) is 85.1 Å². The lowest BCUT2D eigenvalue weighted by Crippen LogP contribution is -2.28. The third-order valence-electron chi connectivity index (χ3n) is 7.99. The second-order valence-electron chi connectivity index (χ2n) is 12.5. The zero-order valence-electron chi connectivity index (χ0n) is 31.3. The zero-order chi connectivity index (χ0) is 41.9. The number of hydrogen-bond acceptors (Lipinski definition) is 11. The lowest BCUT2D eigenvalue weighted by atomic mass is 10.3. The van der Waals surface area contributed by atoms with Crippen LogP contribution in [-0.2, 0) is 35.5 Å². The van der Waals surface area contributed by atoms with Gasteiger partial charge >= 0.3 is 5.97 Å². The van der Waals surface area contributed by atoms with Gasteiger partial charge in [0.2, 0.25) is 23.5 Å². The van der Waals surface area contributed by atoms with Gasteiger partial charge in [0.1, 0.15) is 11.4 Å². The monoisotopic (exact) mass is 801 g/mol. The molecule has 5 rings (SSSR count). The largest absolute Gasteiger partial charge is 0.481 e. The van der Waals surface area contributed by atoms with E-state index in [4.69, 9.17) is 5.11 Å². The van der Waals surface area contributed by atoms with Crippen molar-refractivity contribution in [2.45, 2.75) is 19.3 Å². The summed E-state index contributed by atoms with van der Waals surface area (Å²) in [5, 5.41) is 26.6. The summed E-state index contributed by atoms with van der Waals surface area (Å²) in [4.78, 5) is 116. The van der Waals surface area contributed by atoms with Gasteiger partial charge in [0.05, 0.1) is 17.8 Å². The number of amides is 7. The van der Waals surface area contributed by atoms with Crippen molar-refractivity contribution < 1.29 is 43.5 Å². The number of nitrogens with one attached hydrogen (secondary N) is 9. The van der Waals surface area contributed by atoms with Crippen LogP contribution < -0.4 is 37.2 Å². The molecule has 7 amide bonds. The third kappa shape index (κ3) is 11.0. The maximum Gasteiger partial charge on any atom is 0.305 e. The Balaban J connectivity index is 1.01. The highest BCUT2D eigenvalue weighted by Gasteiger charge is 2.19. The molecule has 0 spiro atoms. The first kappa shape index (κ1) is 41.1. The van der Waals surface area contributed by atoms with Gasteiger partial charge in [-0.25, -0.2) is 15.0 Å². The standard InChI is InChI=1S/C34H39N15O9/c1-47-11-10-35-27(47)33(57)41-18-12-20(39-14-18)30(54)36-8-5-25(51)44-23-17-49(3)29(46-23)34(58)42-19-13-21(40-15-19)31(55)37-7-4-24(50)43-22-16-48(2)28(45-22)32(56)38-9-6-26(52)53/h10-17,39-40H,4-9H2,1-3H3,(H,36,54)(H,37,55)(H,38,56)(H,41,57)(H,42,58)(H,43,50)(H,44,51)(H,52,53). The lowest BCUT2D eigenvalue weighted by Gasteiger charge is -2.04. The van der Waals surface area contributed by atoms with Crippen LogP contribution in [0.4, 0.5) is 23.0 Å². The molecule has 0 bridgehead atoms. The molecule has 0 unspecified atom stereocenters. The first-order valence-electron chi connectivity index (χ1n) is 17.4. The molecule has 0 radical (unpaired) electrons. The Kier molecular flexibility index (Phi) is 13.1. The van der Waals surface area contributed by atoms with Gasteiger partial charge in [0.15, 0.2) is 17.5 Å². The minimum Gasteiger partial charge on any atom is -0.481 e. The normalized spacial score (nSPS) is 10.7. The Morgan fingerprint density at radius 3 is 1.50 bits per heavy atom. The predicted molar refractivity (Wildman–Crippen MR) is 203 cm³/mol. The van der Waals surface area contributed by atoms with Crippen LogP contribution in [-0.4, -0.2) is 111 Å². The number of imidazole rings is 3. The van der Waals surface area contributed by atoms with Crippen LogP contribution in [0.5, 0.6) is 0 Å². The van der Waals surface area contributed by atoms with E-state index in [1.54, 1.807) is 24.9 Å². The zero-order valence-corrected chi connectivity index (χ0v) is 31.3. The number of carboxylic acid groups (broad SMARTS) is 1. The summed E-state index contributed by atoms with van der Waals surface area (Å²) in [5.41, 5.74) is 0.835. The Labute approximate surface area is 327 Å². The second kappa shape index (κ2) is 18.5. The van der Waals surface area contributed by atoms with Crippen molar-refractivity contribution in [3.8, 4) is 0 Å². The van der Waals surface area contributed by atoms with Crippen LogP contribution in [0.3, 0.4) is 0 Å². The maximum atomic E-state index is 13.0. The molecule has 24 nitrogen and oxygen atoms in total.